The van der Waals surface area contributed by atoms with Crippen molar-refractivity contribution >= 4 is 23.4 Å². The van der Waals surface area contributed by atoms with Crippen LogP contribution in [-0.2, 0) is 11.8 Å². The third-order valence-corrected chi connectivity index (χ3v) is 6.82. The van der Waals surface area contributed by atoms with Crippen molar-refractivity contribution in [3.8, 4) is 22.8 Å². The Morgan fingerprint density at radius 3 is 2.50 bits per heavy atom. The van der Waals surface area contributed by atoms with Crippen molar-refractivity contribution in [2.24, 2.45) is 7.05 Å². The molecule has 0 aliphatic heterocycles. The molecule has 0 aliphatic rings. The van der Waals surface area contributed by atoms with Crippen LogP contribution in [0.4, 0.5) is 0 Å². The third kappa shape index (κ3) is 4.85. The average molecular weight is 498 g/mol. The lowest BCUT2D eigenvalue weighted by Gasteiger charge is -2.10. The van der Waals surface area contributed by atoms with Crippen molar-refractivity contribution in [1.29, 1.82) is 0 Å². The van der Waals surface area contributed by atoms with Crippen LogP contribution in [0.3, 0.4) is 0 Å². The smallest absolute Gasteiger partial charge is 0.296 e. The molecule has 0 spiro atoms. The SMILES string of the molecule is CCCCOCCSc1nnc(-c2ccccc2Cl)n1-c1c(C)n(C)n(-c2ccccc2)c1=O. The van der Waals surface area contributed by atoms with E-state index in [9.17, 15) is 4.79 Å². The Hall–Kier alpha value is -2.81. The van der Waals surface area contributed by atoms with Crippen molar-refractivity contribution in [2.75, 3.05) is 19.0 Å². The largest absolute Gasteiger partial charge is 0.381 e. The van der Waals surface area contributed by atoms with E-state index >= 15 is 0 Å². The van der Waals surface area contributed by atoms with Gasteiger partial charge in [-0.2, -0.15) is 0 Å². The van der Waals surface area contributed by atoms with Gasteiger partial charge in [0, 0.05) is 25.0 Å². The number of hydrogen-bond acceptors (Lipinski definition) is 5. The standard InChI is InChI=1S/C25H28ClN5O2S/c1-4-5-15-33-16-17-34-25-28-27-23(20-13-9-10-14-21(20)26)30(25)22-18(2)29(3)31(24(22)32)19-11-7-6-8-12-19/h6-14H,4-5,15-17H2,1-3H3. The highest BCUT2D eigenvalue weighted by atomic mass is 35.5. The van der Waals surface area contributed by atoms with Crippen LogP contribution < -0.4 is 5.56 Å². The highest BCUT2D eigenvalue weighted by molar-refractivity contribution is 7.99. The summed E-state index contributed by atoms with van der Waals surface area (Å²) in [5, 5.41) is 10.1. The maximum atomic E-state index is 13.8. The Bertz CT molecular complexity index is 1310. The number of hydrogen-bond donors (Lipinski definition) is 0. The number of rotatable bonds is 10. The summed E-state index contributed by atoms with van der Waals surface area (Å²) >= 11 is 8.03. The highest BCUT2D eigenvalue weighted by Gasteiger charge is 2.25. The molecule has 4 rings (SSSR count). The van der Waals surface area contributed by atoms with E-state index in [2.05, 4.69) is 17.1 Å². The molecule has 2 aromatic carbocycles. The van der Waals surface area contributed by atoms with E-state index in [1.165, 1.54) is 11.8 Å². The van der Waals surface area contributed by atoms with Gasteiger partial charge in [-0.15, -0.1) is 10.2 Å². The molecule has 4 aromatic rings. The predicted molar refractivity (Wildman–Crippen MR) is 138 cm³/mol. The molecule has 7 nitrogen and oxygen atoms in total. The molecule has 0 amide bonds. The van der Waals surface area contributed by atoms with E-state index in [-0.39, 0.29) is 5.56 Å². The summed E-state index contributed by atoms with van der Waals surface area (Å²) in [5.74, 6) is 1.23. The minimum Gasteiger partial charge on any atom is -0.381 e. The minimum atomic E-state index is -0.152. The molecule has 2 aromatic heterocycles. The van der Waals surface area contributed by atoms with Crippen molar-refractivity contribution < 1.29 is 4.74 Å². The van der Waals surface area contributed by atoms with E-state index in [1.807, 2.05) is 77.8 Å². The summed E-state index contributed by atoms with van der Waals surface area (Å²) in [5.41, 5.74) is 2.65. The van der Waals surface area contributed by atoms with E-state index < -0.39 is 0 Å². The highest BCUT2D eigenvalue weighted by Crippen LogP contribution is 2.32. The zero-order valence-corrected chi connectivity index (χ0v) is 21.1. The number of halogens is 1. The van der Waals surface area contributed by atoms with Gasteiger partial charge in [0.2, 0.25) is 0 Å². The Kier molecular flexibility index (Phi) is 7.92. The van der Waals surface area contributed by atoms with Gasteiger partial charge < -0.3 is 4.74 Å². The molecule has 2 heterocycles. The first-order valence-corrected chi connectivity index (χ1v) is 12.7. The van der Waals surface area contributed by atoms with Gasteiger partial charge >= 0.3 is 0 Å². The Balaban J connectivity index is 1.81. The summed E-state index contributed by atoms with van der Waals surface area (Å²) in [6.07, 6.45) is 2.14. The molecule has 0 unspecified atom stereocenters. The van der Waals surface area contributed by atoms with Crippen LogP contribution in [0.1, 0.15) is 25.5 Å². The monoisotopic (exact) mass is 497 g/mol. The lowest BCUT2D eigenvalue weighted by atomic mass is 10.2. The molecule has 0 radical (unpaired) electrons. The van der Waals surface area contributed by atoms with E-state index in [0.29, 0.717) is 34.1 Å². The van der Waals surface area contributed by atoms with Crippen LogP contribution >= 0.6 is 23.4 Å². The van der Waals surface area contributed by atoms with Gasteiger partial charge in [0.15, 0.2) is 11.0 Å². The second-order valence-electron chi connectivity index (χ2n) is 7.85. The van der Waals surface area contributed by atoms with Gasteiger partial charge in [-0.1, -0.05) is 67.0 Å². The van der Waals surface area contributed by atoms with E-state index in [0.717, 1.165) is 36.4 Å². The minimum absolute atomic E-state index is 0.152. The van der Waals surface area contributed by atoms with Crippen LogP contribution in [0, 0.1) is 6.92 Å². The first-order chi connectivity index (χ1) is 16.5. The fourth-order valence-electron chi connectivity index (χ4n) is 3.73. The maximum absolute atomic E-state index is 13.8. The van der Waals surface area contributed by atoms with Crippen molar-refractivity contribution in [1.82, 2.24) is 24.1 Å². The lowest BCUT2D eigenvalue weighted by Crippen LogP contribution is -2.22. The zero-order chi connectivity index (χ0) is 24.1. The Morgan fingerprint density at radius 1 is 1.03 bits per heavy atom. The normalized spacial score (nSPS) is 11.3. The topological polar surface area (TPSA) is 66.9 Å². The summed E-state index contributed by atoms with van der Waals surface area (Å²) in [4.78, 5) is 13.8. The molecule has 9 heteroatoms. The van der Waals surface area contributed by atoms with Gasteiger partial charge in [0.25, 0.3) is 5.56 Å². The number of nitrogens with zero attached hydrogens (tertiary/aromatic N) is 5. The van der Waals surface area contributed by atoms with Crippen LogP contribution in [0.2, 0.25) is 5.02 Å². The average Bonchev–Trinajstić information content (AvgIpc) is 3.34. The van der Waals surface area contributed by atoms with Gasteiger partial charge in [0.1, 0.15) is 5.69 Å². The maximum Gasteiger partial charge on any atom is 0.296 e. The summed E-state index contributed by atoms with van der Waals surface area (Å²) < 4.78 is 11.0. The van der Waals surface area contributed by atoms with Gasteiger partial charge in [-0.25, -0.2) is 4.68 Å². The summed E-state index contributed by atoms with van der Waals surface area (Å²) in [7, 11) is 1.88. The van der Waals surface area contributed by atoms with Crippen molar-refractivity contribution in [2.45, 2.75) is 31.8 Å². The number of ether oxygens (including phenoxy) is 1. The molecule has 178 valence electrons. The quantitative estimate of drug-likeness (QED) is 0.220. The fourth-order valence-corrected chi connectivity index (χ4v) is 4.74. The number of benzene rings is 2. The molecular formula is C25H28ClN5O2S. The van der Waals surface area contributed by atoms with E-state index in [1.54, 1.807) is 4.68 Å². The first kappa shape index (κ1) is 24.3. The zero-order valence-electron chi connectivity index (χ0n) is 19.6. The van der Waals surface area contributed by atoms with Crippen LogP contribution in [-0.4, -0.2) is 43.1 Å². The van der Waals surface area contributed by atoms with Crippen LogP contribution in [0.25, 0.3) is 22.8 Å². The van der Waals surface area contributed by atoms with Gasteiger partial charge in [-0.05, 0) is 37.6 Å². The van der Waals surface area contributed by atoms with Crippen molar-refractivity contribution in [3.63, 3.8) is 0 Å². The molecule has 0 saturated heterocycles. The molecular weight excluding hydrogens is 470 g/mol. The molecule has 0 aliphatic carbocycles. The third-order valence-electron chi connectivity index (χ3n) is 5.60. The number of para-hydroxylation sites is 1. The molecule has 34 heavy (non-hydrogen) atoms. The fraction of sp³-hybridized carbons (Fsp3) is 0.320. The number of thioether (sulfide) groups is 1. The second-order valence-corrected chi connectivity index (χ2v) is 9.32. The van der Waals surface area contributed by atoms with Crippen LogP contribution in [0.5, 0.6) is 0 Å². The molecule has 0 bridgehead atoms. The Labute approximate surface area is 208 Å². The number of unbranched alkanes of at least 4 members (excludes halogenated alkanes) is 1. The summed E-state index contributed by atoms with van der Waals surface area (Å²) in [6.45, 7) is 5.41. The van der Waals surface area contributed by atoms with Gasteiger partial charge in [0.05, 0.1) is 23.0 Å². The molecule has 0 fully saturated rings. The van der Waals surface area contributed by atoms with E-state index in [4.69, 9.17) is 16.3 Å². The number of aromatic nitrogens is 5. The molecule has 0 saturated carbocycles. The molecule has 0 N–H and O–H groups in total. The summed E-state index contributed by atoms with van der Waals surface area (Å²) in [6, 6.07) is 17.0. The predicted octanol–water partition coefficient (Wildman–Crippen LogP) is 5.29. The van der Waals surface area contributed by atoms with Crippen LogP contribution in [0.15, 0.2) is 64.5 Å². The van der Waals surface area contributed by atoms with Gasteiger partial charge in [-0.3, -0.25) is 14.0 Å². The second kappa shape index (κ2) is 11.1. The lowest BCUT2D eigenvalue weighted by molar-refractivity contribution is 0.147. The van der Waals surface area contributed by atoms with Crippen molar-refractivity contribution in [3.05, 3.63) is 75.7 Å². The Morgan fingerprint density at radius 2 is 1.76 bits per heavy atom. The first-order valence-electron chi connectivity index (χ1n) is 11.3. The molecule has 0 atom stereocenters.